The molecule has 0 amide bonds. The van der Waals surface area contributed by atoms with Crippen molar-refractivity contribution in [2.75, 3.05) is 40.6 Å². The van der Waals surface area contributed by atoms with E-state index in [1.807, 2.05) is 12.1 Å². The molecular formula is C20H28N6O8. The second-order valence-corrected chi connectivity index (χ2v) is 7.76. The molecule has 0 aromatic rings. The molecule has 14 nitrogen and oxygen atoms in total. The summed E-state index contributed by atoms with van der Waals surface area (Å²) >= 11 is 0. The van der Waals surface area contributed by atoms with Crippen molar-refractivity contribution in [2.45, 2.75) is 43.9 Å². The summed E-state index contributed by atoms with van der Waals surface area (Å²) < 4.78 is 19.6. The predicted octanol–water partition coefficient (Wildman–Crippen LogP) is -0.104. The summed E-state index contributed by atoms with van der Waals surface area (Å²) in [6.45, 7) is 0.0223. The number of azide groups is 1. The number of nitrogens with two attached hydrogens (primary N) is 1. The van der Waals surface area contributed by atoms with Crippen LogP contribution in [0.15, 0.2) is 5.11 Å². The number of carbonyl (C=O) groups is 3. The van der Waals surface area contributed by atoms with Gasteiger partial charge in [-0.1, -0.05) is 5.11 Å². The monoisotopic (exact) mass is 480 g/mol. The Morgan fingerprint density at radius 2 is 1.76 bits per heavy atom. The number of methoxy groups -OCH3 is 2. The smallest absolute Gasteiger partial charge is 0.321 e. The number of nitrogens with zero attached hydrogens (tertiary/aromatic N) is 5. The molecule has 34 heavy (non-hydrogen) atoms. The molecule has 2 heterocycles. The number of carbonyl (C=O) groups excluding carboxylic acids is 3. The predicted molar refractivity (Wildman–Crippen MR) is 112 cm³/mol. The Labute approximate surface area is 196 Å². The van der Waals surface area contributed by atoms with Crippen LogP contribution < -0.4 is 5.73 Å². The van der Waals surface area contributed by atoms with Gasteiger partial charge in [-0.15, -0.1) is 0 Å². The normalized spacial score (nSPS) is 30.3. The lowest BCUT2D eigenvalue weighted by Gasteiger charge is -2.41. The van der Waals surface area contributed by atoms with Crippen molar-refractivity contribution in [3.63, 3.8) is 0 Å². The van der Waals surface area contributed by atoms with Gasteiger partial charge in [-0.25, -0.2) is 0 Å². The Hall–Kier alpha value is -3.26. The summed E-state index contributed by atoms with van der Waals surface area (Å²) in [5.41, 5.74) is 11.2. The highest BCUT2D eigenvalue weighted by atomic mass is 16.5. The first-order chi connectivity index (χ1) is 16.2. The molecule has 2 saturated heterocycles. The standard InChI is InChI=1S/C10H14N4O4.C10H14N2O4/c1-17-9(16)10(3-2-4-11)6-18-5-7(8(10)15)13-14-12;1-15-9(14)10(3-2-4-11)6-16-5-7(12)8(10)13/h7-8,15H,2-3,5-6H2,1H3;7H,2-3,5-6,12H2,1H3. The Morgan fingerprint density at radius 1 is 1.18 bits per heavy atom. The fourth-order valence-corrected chi connectivity index (χ4v) is 3.84. The average Bonchev–Trinajstić information content (AvgIpc) is 2.85. The van der Waals surface area contributed by atoms with E-state index >= 15 is 0 Å². The Kier molecular flexibility index (Phi) is 11.4. The highest BCUT2D eigenvalue weighted by Gasteiger charge is 2.52. The van der Waals surface area contributed by atoms with E-state index in [1.54, 1.807) is 0 Å². The molecule has 5 atom stereocenters. The highest BCUT2D eigenvalue weighted by Crippen LogP contribution is 2.36. The van der Waals surface area contributed by atoms with Gasteiger partial charge >= 0.3 is 11.9 Å². The Morgan fingerprint density at radius 3 is 2.32 bits per heavy atom. The van der Waals surface area contributed by atoms with Crippen LogP contribution in [0.25, 0.3) is 10.4 Å². The Bertz CT molecular complexity index is 879. The molecule has 0 aliphatic carbocycles. The van der Waals surface area contributed by atoms with Crippen LogP contribution in [0.1, 0.15) is 25.7 Å². The first-order valence-electron chi connectivity index (χ1n) is 10.3. The van der Waals surface area contributed by atoms with E-state index < -0.39 is 46.7 Å². The fourth-order valence-electron chi connectivity index (χ4n) is 3.84. The molecule has 0 radical (unpaired) electrons. The van der Waals surface area contributed by atoms with Crippen LogP contribution in [0.4, 0.5) is 0 Å². The molecule has 186 valence electrons. The maximum atomic E-state index is 11.9. The van der Waals surface area contributed by atoms with Crippen LogP contribution in [0, 0.1) is 33.5 Å². The minimum Gasteiger partial charge on any atom is -0.468 e. The lowest BCUT2D eigenvalue weighted by Crippen LogP contribution is -2.57. The molecule has 0 aromatic heterocycles. The first-order valence-corrected chi connectivity index (χ1v) is 10.3. The van der Waals surface area contributed by atoms with Gasteiger partial charge in [0, 0.05) is 17.8 Å². The maximum Gasteiger partial charge on any atom is 0.321 e. The summed E-state index contributed by atoms with van der Waals surface area (Å²) in [4.78, 5) is 38.1. The van der Waals surface area contributed by atoms with Crippen molar-refractivity contribution in [1.82, 2.24) is 0 Å². The fraction of sp³-hybridized carbons (Fsp3) is 0.750. The van der Waals surface area contributed by atoms with Crippen molar-refractivity contribution in [3.05, 3.63) is 10.4 Å². The zero-order valence-electron chi connectivity index (χ0n) is 19.0. The second-order valence-electron chi connectivity index (χ2n) is 7.76. The summed E-state index contributed by atoms with van der Waals surface area (Å²) in [6, 6.07) is 2.12. The van der Waals surface area contributed by atoms with Crippen LogP contribution in [0.2, 0.25) is 0 Å². The third-order valence-corrected chi connectivity index (χ3v) is 5.75. The van der Waals surface area contributed by atoms with Gasteiger partial charge < -0.3 is 29.8 Å². The SMILES string of the molecule is COC(=O)C1(CCC#N)COCC(N)C1=O.COC(=O)C1(CCC#N)COCC(N=[N+]=[N-])C1O. The molecule has 2 aliphatic rings. The third-order valence-electron chi connectivity index (χ3n) is 5.75. The number of Topliss-reactive ketones (excluding diaryl/α,β-unsaturated/α-hetero) is 1. The third kappa shape index (κ3) is 6.20. The van der Waals surface area contributed by atoms with E-state index in [1.165, 1.54) is 14.2 Å². The number of hydrogen-bond acceptors (Lipinski definition) is 12. The van der Waals surface area contributed by atoms with E-state index in [0.717, 1.165) is 0 Å². The number of esters is 2. The van der Waals surface area contributed by atoms with Gasteiger partial charge in [-0.3, -0.25) is 14.4 Å². The molecule has 2 fully saturated rings. The number of aliphatic hydroxyl groups excluding tert-OH is 1. The average molecular weight is 480 g/mol. The number of hydrogen-bond donors (Lipinski definition) is 2. The summed E-state index contributed by atoms with van der Waals surface area (Å²) in [5.74, 6) is -1.74. The largest absolute Gasteiger partial charge is 0.468 e. The van der Waals surface area contributed by atoms with Crippen molar-refractivity contribution in [3.8, 4) is 12.1 Å². The zero-order valence-corrected chi connectivity index (χ0v) is 19.0. The van der Waals surface area contributed by atoms with Gasteiger partial charge in [0.2, 0.25) is 0 Å². The molecule has 3 N–H and O–H groups in total. The zero-order chi connectivity index (χ0) is 25.8. The molecule has 5 unspecified atom stereocenters. The first kappa shape index (κ1) is 28.8. The second kappa shape index (κ2) is 13.4. The molecule has 2 rings (SSSR count). The maximum absolute atomic E-state index is 11.9. The quantitative estimate of drug-likeness (QED) is 0.160. The van der Waals surface area contributed by atoms with Gasteiger partial charge in [-0.05, 0) is 18.4 Å². The molecule has 0 spiro atoms. The van der Waals surface area contributed by atoms with E-state index in [2.05, 4.69) is 19.5 Å². The molecule has 0 bridgehead atoms. The number of nitriles is 2. The molecule has 14 heteroatoms. The van der Waals surface area contributed by atoms with Crippen molar-refractivity contribution < 1.29 is 38.4 Å². The van der Waals surface area contributed by atoms with E-state index in [9.17, 15) is 19.5 Å². The van der Waals surface area contributed by atoms with E-state index in [4.69, 9.17) is 31.3 Å². The van der Waals surface area contributed by atoms with Crippen LogP contribution in [0.5, 0.6) is 0 Å². The van der Waals surface area contributed by atoms with Gasteiger partial charge in [0.05, 0.1) is 71.0 Å². The summed E-state index contributed by atoms with van der Waals surface area (Å²) in [6.07, 6.45) is -0.893. The number of aliphatic hydroxyl groups is 1. The number of ether oxygens (including phenoxy) is 4. The minimum atomic E-state index is -1.40. The van der Waals surface area contributed by atoms with Crippen LogP contribution >= 0.6 is 0 Å². The van der Waals surface area contributed by atoms with E-state index in [-0.39, 0.29) is 52.1 Å². The Balaban J connectivity index is 0.000000342. The van der Waals surface area contributed by atoms with Gasteiger partial charge in [0.25, 0.3) is 0 Å². The topological polar surface area (TPSA) is 231 Å². The number of ketones is 1. The van der Waals surface area contributed by atoms with Crippen LogP contribution in [-0.4, -0.2) is 81.7 Å². The molecule has 0 aromatic carbocycles. The van der Waals surface area contributed by atoms with Gasteiger partial charge in [0.15, 0.2) is 11.2 Å². The lowest BCUT2D eigenvalue weighted by atomic mass is 9.74. The minimum absolute atomic E-state index is 0.0382. The molecule has 0 saturated carbocycles. The summed E-state index contributed by atoms with van der Waals surface area (Å²) in [7, 11) is 2.39. The van der Waals surface area contributed by atoms with Gasteiger partial charge in [0.1, 0.15) is 5.41 Å². The van der Waals surface area contributed by atoms with Crippen molar-refractivity contribution in [1.29, 1.82) is 10.5 Å². The summed E-state index contributed by atoms with van der Waals surface area (Å²) in [5, 5.41) is 30.7. The van der Waals surface area contributed by atoms with Crippen molar-refractivity contribution in [2.24, 2.45) is 21.7 Å². The van der Waals surface area contributed by atoms with Crippen LogP contribution in [0.3, 0.4) is 0 Å². The van der Waals surface area contributed by atoms with Crippen LogP contribution in [-0.2, 0) is 33.3 Å². The van der Waals surface area contributed by atoms with Gasteiger partial charge in [-0.2, -0.15) is 10.5 Å². The number of rotatable bonds is 7. The molecular weight excluding hydrogens is 452 g/mol. The molecule has 2 aliphatic heterocycles. The highest BCUT2D eigenvalue weighted by molar-refractivity contribution is 6.06. The van der Waals surface area contributed by atoms with Crippen molar-refractivity contribution >= 4 is 17.7 Å². The van der Waals surface area contributed by atoms with E-state index in [0.29, 0.717) is 0 Å². The lowest BCUT2D eigenvalue weighted by molar-refractivity contribution is -0.179.